The number of ether oxygens (including phenoxy) is 1. The summed E-state index contributed by atoms with van der Waals surface area (Å²) in [6.45, 7) is 0.325. The summed E-state index contributed by atoms with van der Waals surface area (Å²) in [7, 11) is 0. The first-order valence-electron chi connectivity index (χ1n) is 10.2. The maximum absolute atomic E-state index is 12.7. The average molecular weight is 422 g/mol. The molecule has 0 aliphatic carbocycles. The molecule has 0 spiro atoms. The predicted molar refractivity (Wildman–Crippen MR) is 126 cm³/mol. The molecule has 4 rings (SSSR count). The summed E-state index contributed by atoms with van der Waals surface area (Å²) in [5.41, 5.74) is 3.18. The van der Waals surface area contributed by atoms with Crippen LogP contribution in [-0.2, 0) is 6.61 Å². The molecule has 32 heavy (non-hydrogen) atoms. The van der Waals surface area contributed by atoms with Gasteiger partial charge in [0.15, 0.2) is 0 Å². The van der Waals surface area contributed by atoms with Crippen LogP contribution in [0.5, 0.6) is 5.75 Å². The molecule has 0 fully saturated rings. The topological polar surface area (TPSA) is 67.4 Å². The summed E-state index contributed by atoms with van der Waals surface area (Å²) >= 11 is 0. The minimum Gasteiger partial charge on any atom is -0.487 e. The number of anilines is 2. The van der Waals surface area contributed by atoms with Crippen LogP contribution in [0.3, 0.4) is 0 Å². The van der Waals surface area contributed by atoms with Crippen molar-refractivity contribution in [2.45, 2.75) is 6.61 Å². The van der Waals surface area contributed by atoms with E-state index >= 15 is 0 Å². The highest BCUT2D eigenvalue weighted by Gasteiger charge is 2.13. The van der Waals surface area contributed by atoms with Gasteiger partial charge in [-0.25, -0.2) is 0 Å². The third-order valence-electron chi connectivity index (χ3n) is 4.80. The van der Waals surface area contributed by atoms with Crippen LogP contribution in [0.15, 0.2) is 109 Å². The van der Waals surface area contributed by atoms with Gasteiger partial charge in [0.25, 0.3) is 11.8 Å². The molecule has 158 valence electrons. The van der Waals surface area contributed by atoms with Crippen molar-refractivity contribution in [3.8, 4) is 5.75 Å². The van der Waals surface area contributed by atoms with Gasteiger partial charge in [-0.1, -0.05) is 66.7 Å². The molecule has 5 nitrogen and oxygen atoms in total. The molecule has 4 aromatic rings. The van der Waals surface area contributed by atoms with E-state index in [9.17, 15) is 9.59 Å². The van der Waals surface area contributed by atoms with Crippen LogP contribution in [0.4, 0.5) is 11.4 Å². The number of carbonyl (C=O) groups is 2. The molecule has 5 heteroatoms. The number of rotatable bonds is 7. The molecule has 0 saturated heterocycles. The van der Waals surface area contributed by atoms with Crippen molar-refractivity contribution in [1.82, 2.24) is 0 Å². The number of benzene rings is 4. The summed E-state index contributed by atoms with van der Waals surface area (Å²) in [6.07, 6.45) is 0. The normalized spacial score (nSPS) is 10.2. The first-order chi connectivity index (χ1) is 15.7. The highest BCUT2D eigenvalue weighted by atomic mass is 16.5. The van der Waals surface area contributed by atoms with Gasteiger partial charge in [-0.15, -0.1) is 0 Å². The number of hydrogen-bond acceptors (Lipinski definition) is 3. The Kier molecular flexibility index (Phi) is 6.58. The standard InChI is InChI=1S/C27H22N2O3/c30-26(21-12-6-2-7-13-21)28-23-16-17-24(29-27(31)22-14-8-3-9-15-22)25(18-23)32-19-20-10-4-1-5-11-20/h1-18H,19H2,(H,28,30)(H,29,31). The summed E-state index contributed by atoms with van der Waals surface area (Å²) in [5.74, 6) is 0.000841. The van der Waals surface area contributed by atoms with E-state index in [2.05, 4.69) is 10.6 Å². The molecule has 2 amide bonds. The van der Waals surface area contributed by atoms with Crippen LogP contribution in [-0.4, -0.2) is 11.8 Å². The van der Waals surface area contributed by atoms with Crippen molar-refractivity contribution in [2.24, 2.45) is 0 Å². The van der Waals surface area contributed by atoms with Crippen LogP contribution in [0.2, 0.25) is 0 Å². The molecule has 0 aliphatic heterocycles. The maximum Gasteiger partial charge on any atom is 0.255 e. The zero-order valence-electron chi connectivity index (χ0n) is 17.3. The Morgan fingerprint density at radius 3 is 1.75 bits per heavy atom. The van der Waals surface area contributed by atoms with Crippen molar-refractivity contribution in [2.75, 3.05) is 10.6 Å². The molecule has 0 bridgehead atoms. The fourth-order valence-corrected chi connectivity index (χ4v) is 3.13. The quantitative estimate of drug-likeness (QED) is 0.397. The first-order valence-corrected chi connectivity index (χ1v) is 10.2. The van der Waals surface area contributed by atoms with Crippen LogP contribution in [0, 0.1) is 0 Å². The first kappa shape index (κ1) is 20.9. The van der Waals surface area contributed by atoms with Gasteiger partial charge in [-0.05, 0) is 42.0 Å². The van der Waals surface area contributed by atoms with E-state index < -0.39 is 0 Å². The van der Waals surface area contributed by atoms with Gasteiger partial charge >= 0.3 is 0 Å². The fourth-order valence-electron chi connectivity index (χ4n) is 3.13. The molecule has 0 radical (unpaired) electrons. The lowest BCUT2D eigenvalue weighted by atomic mass is 10.2. The number of nitrogens with one attached hydrogen (secondary N) is 2. The Morgan fingerprint density at radius 2 is 1.16 bits per heavy atom. The highest BCUT2D eigenvalue weighted by Crippen LogP contribution is 2.30. The largest absolute Gasteiger partial charge is 0.487 e. The van der Waals surface area contributed by atoms with Gasteiger partial charge in [0.05, 0.1) is 5.69 Å². The van der Waals surface area contributed by atoms with E-state index in [0.29, 0.717) is 34.9 Å². The molecule has 0 aliphatic rings. The smallest absolute Gasteiger partial charge is 0.255 e. The van der Waals surface area contributed by atoms with Gasteiger partial charge < -0.3 is 15.4 Å². The van der Waals surface area contributed by atoms with Crippen LogP contribution in [0.1, 0.15) is 26.3 Å². The average Bonchev–Trinajstić information content (AvgIpc) is 2.85. The minimum atomic E-state index is -0.240. The molecule has 0 aromatic heterocycles. The van der Waals surface area contributed by atoms with Crippen LogP contribution in [0.25, 0.3) is 0 Å². The Morgan fingerprint density at radius 1 is 0.625 bits per heavy atom. The van der Waals surface area contributed by atoms with Gasteiger partial charge in [-0.2, -0.15) is 0 Å². The van der Waals surface area contributed by atoms with Crippen molar-refractivity contribution >= 4 is 23.2 Å². The number of hydrogen-bond donors (Lipinski definition) is 2. The lowest BCUT2D eigenvalue weighted by Crippen LogP contribution is -2.14. The Balaban J connectivity index is 1.56. The molecule has 0 unspecified atom stereocenters. The molecule has 0 atom stereocenters. The molecule has 2 N–H and O–H groups in total. The monoisotopic (exact) mass is 422 g/mol. The minimum absolute atomic E-state index is 0.222. The van der Waals surface area contributed by atoms with Crippen molar-refractivity contribution in [3.05, 3.63) is 126 Å². The SMILES string of the molecule is O=C(Nc1ccc(NC(=O)c2ccccc2)c(OCc2ccccc2)c1)c1ccccc1. The number of carbonyl (C=O) groups excluding carboxylic acids is 2. The Labute approximate surface area is 186 Å². The maximum atomic E-state index is 12.7. The van der Waals surface area contributed by atoms with E-state index in [1.165, 1.54) is 0 Å². The van der Waals surface area contributed by atoms with Gasteiger partial charge in [-0.3, -0.25) is 9.59 Å². The highest BCUT2D eigenvalue weighted by molar-refractivity contribution is 6.06. The van der Waals surface area contributed by atoms with Gasteiger partial charge in [0.1, 0.15) is 12.4 Å². The third-order valence-corrected chi connectivity index (χ3v) is 4.80. The van der Waals surface area contributed by atoms with E-state index in [1.54, 1.807) is 42.5 Å². The van der Waals surface area contributed by atoms with Gasteiger partial charge in [0, 0.05) is 22.9 Å². The Bertz CT molecular complexity index is 1190. The lowest BCUT2D eigenvalue weighted by Gasteiger charge is -2.15. The molecule has 4 aromatic carbocycles. The second-order valence-corrected chi connectivity index (χ2v) is 7.13. The molecular weight excluding hydrogens is 400 g/mol. The lowest BCUT2D eigenvalue weighted by molar-refractivity contribution is 0.101. The molecule has 0 heterocycles. The molecular formula is C27H22N2O3. The molecule has 0 saturated carbocycles. The second kappa shape index (κ2) is 10.1. The summed E-state index contributed by atoms with van der Waals surface area (Å²) in [5, 5.41) is 5.78. The van der Waals surface area contributed by atoms with E-state index in [4.69, 9.17) is 4.74 Å². The fraction of sp³-hybridized carbons (Fsp3) is 0.0370. The van der Waals surface area contributed by atoms with E-state index in [-0.39, 0.29) is 11.8 Å². The number of amides is 2. The zero-order valence-corrected chi connectivity index (χ0v) is 17.3. The third kappa shape index (κ3) is 5.40. The van der Waals surface area contributed by atoms with Crippen molar-refractivity contribution in [1.29, 1.82) is 0 Å². The zero-order chi connectivity index (χ0) is 22.2. The van der Waals surface area contributed by atoms with E-state index in [1.807, 2.05) is 66.7 Å². The second-order valence-electron chi connectivity index (χ2n) is 7.13. The Hall–Kier alpha value is -4.38. The van der Waals surface area contributed by atoms with Crippen LogP contribution < -0.4 is 15.4 Å². The van der Waals surface area contributed by atoms with E-state index in [0.717, 1.165) is 5.56 Å². The summed E-state index contributed by atoms with van der Waals surface area (Å²) in [6, 6.07) is 32.8. The summed E-state index contributed by atoms with van der Waals surface area (Å²) in [4.78, 5) is 25.2. The van der Waals surface area contributed by atoms with Gasteiger partial charge in [0.2, 0.25) is 0 Å². The van der Waals surface area contributed by atoms with Crippen molar-refractivity contribution in [3.63, 3.8) is 0 Å². The predicted octanol–water partition coefficient (Wildman–Crippen LogP) is 5.77. The van der Waals surface area contributed by atoms with Crippen molar-refractivity contribution < 1.29 is 14.3 Å². The summed E-state index contributed by atoms with van der Waals surface area (Å²) < 4.78 is 6.02. The van der Waals surface area contributed by atoms with Crippen LogP contribution >= 0.6 is 0 Å².